The Bertz CT molecular complexity index is 1000. The highest BCUT2D eigenvalue weighted by Gasteiger charge is 2.48. The third kappa shape index (κ3) is 4.59. The lowest BCUT2D eigenvalue weighted by Crippen LogP contribution is -2.65. The third-order valence-corrected chi connectivity index (χ3v) is 9.11. The van der Waals surface area contributed by atoms with E-state index in [1.165, 1.54) is 4.88 Å². The predicted octanol–water partition coefficient (Wildman–Crippen LogP) is 4.52. The second kappa shape index (κ2) is 9.79. The van der Waals surface area contributed by atoms with Crippen LogP contribution in [0.2, 0.25) is 0 Å². The fourth-order valence-electron chi connectivity index (χ4n) is 5.44. The molecule has 2 amide bonds. The molecule has 0 spiro atoms. The number of hydrogen-bond donors (Lipinski definition) is 1. The smallest absolute Gasteiger partial charge is 0.271 e. The molecule has 4 rings (SSSR count). The van der Waals surface area contributed by atoms with Gasteiger partial charge in [0.05, 0.1) is 16.8 Å². The van der Waals surface area contributed by atoms with Crippen molar-refractivity contribution in [2.24, 2.45) is 5.92 Å². The molecule has 1 saturated carbocycles. The maximum atomic E-state index is 13.8. The van der Waals surface area contributed by atoms with E-state index in [9.17, 15) is 9.59 Å². The quantitative estimate of drug-likeness (QED) is 0.615. The summed E-state index contributed by atoms with van der Waals surface area (Å²) in [6.07, 6.45) is 5.35. The van der Waals surface area contributed by atoms with Crippen molar-refractivity contribution in [2.75, 3.05) is 26.2 Å². The van der Waals surface area contributed by atoms with Crippen LogP contribution in [0, 0.1) is 5.92 Å². The number of fused-ring (bicyclic) bond motifs is 3. The van der Waals surface area contributed by atoms with E-state index in [0.29, 0.717) is 13.1 Å². The number of rotatable bonds is 8. The van der Waals surface area contributed by atoms with Gasteiger partial charge in [0, 0.05) is 24.0 Å². The van der Waals surface area contributed by atoms with Gasteiger partial charge >= 0.3 is 0 Å². The minimum atomic E-state index is -0.902. The van der Waals surface area contributed by atoms with E-state index in [2.05, 4.69) is 48.5 Å². The highest BCUT2D eigenvalue weighted by atomic mass is 32.1. The molecule has 0 radical (unpaired) electrons. The first-order chi connectivity index (χ1) is 15.8. The average Bonchev–Trinajstić information content (AvgIpc) is 3.36. The van der Waals surface area contributed by atoms with Crippen molar-refractivity contribution in [2.45, 2.75) is 84.8 Å². The van der Waals surface area contributed by atoms with E-state index in [0.717, 1.165) is 73.6 Å². The van der Waals surface area contributed by atoms with Crippen molar-refractivity contribution < 1.29 is 9.59 Å². The highest BCUT2D eigenvalue weighted by molar-refractivity contribution is 7.19. The van der Waals surface area contributed by atoms with Crippen LogP contribution in [0.5, 0.6) is 0 Å². The molecule has 182 valence electrons. The van der Waals surface area contributed by atoms with Crippen LogP contribution in [-0.2, 0) is 17.8 Å². The van der Waals surface area contributed by atoms with E-state index in [-0.39, 0.29) is 17.9 Å². The molecule has 1 aliphatic heterocycles. The molecular formula is C26H40N4O2S. The zero-order valence-corrected chi connectivity index (χ0v) is 21.8. The number of likely N-dealkylation sites (N-methyl/N-ethyl adjacent to an activating group) is 1. The lowest BCUT2D eigenvalue weighted by Gasteiger charge is -2.45. The number of carbonyl (C=O) groups is 2. The van der Waals surface area contributed by atoms with Gasteiger partial charge in [-0.25, -0.2) is 0 Å². The SMILES string of the molecule is CCc1cc2c(cc3n2CC(C)(C(=O)NC2CCC(C)CC2)N(CCN(CC)CC)C3=O)s1. The van der Waals surface area contributed by atoms with Crippen molar-refractivity contribution in [3.05, 3.63) is 22.7 Å². The van der Waals surface area contributed by atoms with E-state index in [4.69, 9.17) is 0 Å². The first-order valence-corrected chi connectivity index (χ1v) is 13.6. The summed E-state index contributed by atoms with van der Waals surface area (Å²) in [4.78, 5) is 33.1. The van der Waals surface area contributed by atoms with Gasteiger partial charge in [0.15, 0.2) is 0 Å². The van der Waals surface area contributed by atoms with Crippen LogP contribution in [0.1, 0.15) is 75.7 Å². The number of nitrogens with zero attached hydrogens (tertiary/aromatic N) is 3. The maximum absolute atomic E-state index is 13.8. The Balaban J connectivity index is 1.66. The van der Waals surface area contributed by atoms with Gasteiger partial charge in [-0.3, -0.25) is 9.59 Å². The van der Waals surface area contributed by atoms with E-state index in [1.807, 2.05) is 17.9 Å². The topological polar surface area (TPSA) is 57.6 Å². The van der Waals surface area contributed by atoms with Gasteiger partial charge in [-0.1, -0.05) is 27.7 Å². The summed E-state index contributed by atoms with van der Waals surface area (Å²) in [5.41, 5.74) is 0.907. The van der Waals surface area contributed by atoms with Crippen LogP contribution in [0.4, 0.5) is 0 Å². The molecule has 2 aliphatic rings. The number of nitrogens with one attached hydrogen (secondary N) is 1. The van der Waals surface area contributed by atoms with Gasteiger partial charge in [-0.2, -0.15) is 0 Å². The fourth-order valence-corrected chi connectivity index (χ4v) is 6.48. The van der Waals surface area contributed by atoms with Crippen LogP contribution in [0.15, 0.2) is 12.1 Å². The molecule has 2 aromatic rings. The van der Waals surface area contributed by atoms with Crippen LogP contribution < -0.4 is 5.32 Å². The number of amides is 2. The first kappa shape index (κ1) is 24.3. The van der Waals surface area contributed by atoms with Gasteiger partial charge < -0.3 is 19.7 Å². The van der Waals surface area contributed by atoms with Gasteiger partial charge in [-0.05, 0) is 70.2 Å². The lowest BCUT2D eigenvalue weighted by atomic mass is 9.86. The summed E-state index contributed by atoms with van der Waals surface area (Å²) in [6, 6.07) is 4.44. The molecular weight excluding hydrogens is 432 g/mol. The molecule has 1 unspecified atom stereocenters. The van der Waals surface area contributed by atoms with E-state index >= 15 is 0 Å². The van der Waals surface area contributed by atoms with Crippen molar-refractivity contribution in [3.8, 4) is 0 Å². The minimum absolute atomic E-state index is 0.00612. The second-order valence-corrected chi connectivity index (χ2v) is 11.3. The van der Waals surface area contributed by atoms with Crippen LogP contribution >= 0.6 is 11.3 Å². The van der Waals surface area contributed by atoms with Gasteiger partial charge in [0.1, 0.15) is 11.2 Å². The molecule has 1 fully saturated rings. The van der Waals surface area contributed by atoms with Gasteiger partial charge in [0.25, 0.3) is 5.91 Å². The Morgan fingerprint density at radius 1 is 1.18 bits per heavy atom. The Morgan fingerprint density at radius 2 is 1.88 bits per heavy atom. The summed E-state index contributed by atoms with van der Waals surface area (Å²) >= 11 is 1.76. The van der Waals surface area contributed by atoms with Crippen LogP contribution in [-0.4, -0.2) is 63.9 Å². The van der Waals surface area contributed by atoms with Crippen molar-refractivity contribution in [1.82, 2.24) is 19.7 Å². The molecule has 0 bridgehead atoms. The lowest BCUT2D eigenvalue weighted by molar-refractivity contribution is -0.134. The number of aromatic nitrogens is 1. The minimum Gasteiger partial charge on any atom is -0.351 e. The molecule has 1 N–H and O–H groups in total. The summed E-state index contributed by atoms with van der Waals surface area (Å²) in [5, 5.41) is 3.35. The monoisotopic (exact) mass is 472 g/mol. The first-order valence-electron chi connectivity index (χ1n) is 12.8. The van der Waals surface area contributed by atoms with E-state index < -0.39 is 5.54 Å². The van der Waals surface area contributed by atoms with E-state index in [1.54, 1.807) is 11.3 Å². The van der Waals surface area contributed by atoms with Crippen LogP contribution in [0.3, 0.4) is 0 Å². The Hall–Kier alpha value is -1.86. The number of carbonyl (C=O) groups excluding carboxylic acids is 2. The molecule has 6 nitrogen and oxygen atoms in total. The summed E-state index contributed by atoms with van der Waals surface area (Å²) in [6.45, 7) is 14.4. The predicted molar refractivity (Wildman–Crippen MR) is 136 cm³/mol. The molecule has 0 saturated heterocycles. The Kier molecular flexibility index (Phi) is 7.20. The summed E-state index contributed by atoms with van der Waals surface area (Å²) in [7, 11) is 0. The zero-order chi connectivity index (χ0) is 23.8. The largest absolute Gasteiger partial charge is 0.351 e. The Labute approximate surface area is 202 Å². The third-order valence-electron chi connectivity index (χ3n) is 7.89. The standard InChI is InChI=1S/C26H40N4O2S/c1-6-20-15-21-23(33-20)16-22-24(31)30(14-13-28(7-2)8-3)26(5,17-29(21)22)25(32)27-19-11-9-18(4)10-12-19/h15-16,18-19H,6-14,17H2,1-5H3,(H,27,32). The average molecular weight is 473 g/mol. The maximum Gasteiger partial charge on any atom is 0.271 e. The van der Waals surface area contributed by atoms with Crippen molar-refractivity contribution >= 4 is 33.4 Å². The molecule has 0 aromatic carbocycles. The normalized spacial score (nSPS) is 25.6. The highest BCUT2D eigenvalue weighted by Crippen LogP contribution is 2.36. The Morgan fingerprint density at radius 3 is 2.52 bits per heavy atom. The zero-order valence-electron chi connectivity index (χ0n) is 20.9. The second-order valence-electron chi connectivity index (χ2n) is 10.1. The fraction of sp³-hybridized carbons (Fsp3) is 0.692. The molecule has 7 heteroatoms. The molecule has 1 aliphatic carbocycles. The number of hydrogen-bond acceptors (Lipinski definition) is 4. The number of thiophene rings is 1. The molecule has 3 heterocycles. The molecule has 2 aromatic heterocycles. The molecule has 1 atom stereocenters. The molecule has 33 heavy (non-hydrogen) atoms. The van der Waals surface area contributed by atoms with Gasteiger partial charge in [-0.15, -0.1) is 11.3 Å². The van der Waals surface area contributed by atoms with Crippen LogP contribution in [0.25, 0.3) is 10.2 Å². The summed E-state index contributed by atoms with van der Waals surface area (Å²) in [5.74, 6) is 0.704. The van der Waals surface area contributed by atoms with Crippen molar-refractivity contribution in [1.29, 1.82) is 0 Å². The number of aryl methyl sites for hydroxylation is 1. The van der Waals surface area contributed by atoms with Gasteiger partial charge in [0.2, 0.25) is 5.91 Å². The van der Waals surface area contributed by atoms with Crippen molar-refractivity contribution in [3.63, 3.8) is 0 Å². The summed E-state index contributed by atoms with van der Waals surface area (Å²) < 4.78 is 3.24.